The first-order valence-corrected chi connectivity index (χ1v) is 6.09. The SMILES string of the molecule is CCOc1nc(NC)nc(Oc2ccccc2Cl)n1. The monoisotopic (exact) mass is 280 g/mol. The van der Waals surface area contributed by atoms with E-state index in [2.05, 4.69) is 20.3 Å². The second-order valence-corrected chi connectivity index (χ2v) is 3.85. The summed E-state index contributed by atoms with van der Waals surface area (Å²) in [4.78, 5) is 12.2. The van der Waals surface area contributed by atoms with Crippen LogP contribution in [0.15, 0.2) is 24.3 Å². The highest BCUT2D eigenvalue weighted by molar-refractivity contribution is 6.32. The smallest absolute Gasteiger partial charge is 0.330 e. The number of nitrogens with one attached hydrogen (secondary N) is 1. The van der Waals surface area contributed by atoms with Crippen LogP contribution in [0.2, 0.25) is 5.02 Å². The Morgan fingerprint density at radius 1 is 1.16 bits per heavy atom. The van der Waals surface area contributed by atoms with Crippen molar-refractivity contribution in [3.05, 3.63) is 29.3 Å². The maximum Gasteiger partial charge on any atom is 0.330 e. The molecule has 0 amide bonds. The normalized spacial score (nSPS) is 10.1. The molecule has 0 aliphatic rings. The molecule has 0 bridgehead atoms. The van der Waals surface area contributed by atoms with Gasteiger partial charge < -0.3 is 14.8 Å². The third kappa shape index (κ3) is 3.45. The van der Waals surface area contributed by atoms with Crippen LogP contribution < -0.4 is 14.8 Å². The molecule has 0 spiro atoms. The number of benzene rings is 1. The van der Waals surface area contributed by atoms with Gasteiger partial charge in [0.2, 0.25) is 5.95 Å². The molecular formula is C12H13ClN4O2. The third-order valence-electron chi connectivity index (χ3n) is 2.13. The second-order valence-electron chi connectivity index (χ2n) is 3.44. The first-order chi connectivity index (χ1) is 9.22. The highest BCUT2D eigenvalue weighted by Gasteiger charge is 2.10. The highest BCUT2D eigenvalue weighted by Crippen LogP contribution is 2.27. The minimum Gasteiger partial charge on any atom is -0.464 e. The largest absolute Gasteiger partial charge is 0.464 e. The maximum atomic E-state index is 6.01. The van der Waals surface area contributed by atoms with Gasteiger partial charge in [-0.3, -0.25) is 0 Å². The van der Waals surface area contributed by atoms with Crippen molar-refractivity contribution >= 4 is 17.5 Å². The Balaban J connectivity index is 2.29. The Kier molecular flexibility index (Phi) is 4.35. The van der Waals surface area contributed by atoms with Gasteiger partial charge >= 0.3 is 12.0 Å². The summed E-state index contributed by atoms with van der Waals surface area (Å²) in [7, 11) is 1.70. The molecule has 1 N–H and O–H groups in total. The molecule has 1 aromatic heterocycles. The van der Waals surface area contributed by atoms with Crippen LogP contribution in [0.4, 0.5) is 5.95 Å². The first-order valence-electron chi connectivity index (χ1n) is 5.72. The van der Waals surface area contributed by atoms with Crippen LogP contribution in [-0.4, -0.2) is 28.6 Å². The number of halogens is 1. The van der Waals surface area contributed by atoms with Crippen molar-refractivity contribution in [2.45, 2.75) is 6.92 Å². The number of ether oxygens (including phenoxy) is 2. The Hall–Kier alpha value is -2.08. The lowest BCUT2D eigenvalue weighted by atomic mass is 10.3. The molecule has 0 atom stereocenters. The number of hydrogen-bond acceptors (Lipinski definition) is 6. The maximum absolute atomic E-state index is 6.01. The Morgan fingerprint density at radius 3 is 2.58 bits per heavy atom. The van der Waals surface area contributed by atoms with E-state index in [-0.39, 0.29) is 12.0 Å². The predicted molar refractivity (Wildman–Crippen MR) is 72.1 cm³/mol. The number of hydrogen-bond donors (Lipinski definition) is 1. The fraction of sp³-hybridized carbons (Fsp3) is 0.250. The first kappa shape index (κ1) is 13.4. The zero-order valence-electron chi connectivity index (χ0n) is 10.6. The minimum absolute atomic E-state index is 0.121. The summed E-state index contributed by atoms with van der Waals surface area (Å²) in [5.74, 6) is 0.834. The van der Waals surface area contributed by atoms with Gasteiger partial charge in [-0.25, -0.2) is 0 Å². The number of nitrogens with zero attached hydrogens (tertiary/aromatic N) is 3. The van der Waals surface area contributed by atoms with Gasteiger partial charge in [0.05, 0.1) is 11.6 Å². The van der Waals surface area contributed by atoms with E-state index < -0.39 is 0 Å². The molecule has 2 rings (SSSR count). The molecule has 0 saturated carbocycles. The average molecular weight is 281 g/mol. The minimum atomic E-state index is 0.121. The summed E-state index contributed by atoms with van der Waals surface area (Å²) >= 11 is 6.01. The quantitative estimate of drug-likeness (QED) is 0.908. The molecule has 1 heterocycles. The molecule has 1 aromatic carbocycles. The van der Waals surface area contributed by atoms with E-state index in [4.69, 9.17) is 21.1 Å². The van der Waals surface area contributed by atoms with Crippen molar-refractivity contribution in [2.24, 2.45) is 0 Å². The molecule has 7 heteroatoms. The summed E-state index contributed by atoms with van der Waals surface area (Å²) in [5, 5.41) is 3.29. The molecule has 0 aliphatic heterocycles. The fourth-order valence-electron chi connectivity index (χ4n) is 1.31. The zero-order chi connectivity index (χ0) is 13.7. The fourth-order valence-corrected chi connectivity index (χ4v) is 1.49. The third-order valence-corrected chi connectivity index (χ3v) is 2.44. The van der Waals surface area contributed by atoms with E-state index >= 15 is 0 Å². The van der Waals surface area contributed by atoms with Crippen LogP contribution >= 0.6 is 11.6 Å². The summed E-state index contributed by atoms with van der Waals surface area (Å²) < 4.78 is 10.8. The van der Waals surface area contributed by atoms with E-state index in [9.17, 15) is 0 Å². The Morgan fingerprint density at radius 2 is 1.89 bits per heavy atom. The molecular weight excluding hydrogens is 268 g/mol. The van der Waals surface area contributed by atoms with Gasteiger partial charge in [0.1, 0.15) is 5.75 Å². The van der Waals surface area contributed by atoms with Crippen molar-refractivity contribution in [1.82, 2.24) is 15.0 Å². The van der Waals surface area contributed by atoms with Gasteiger partial charge in [-0.2, -0.15) is 9.97 Å². The van der Waals surface area contributed by atoms with E-state index in [1.807, 2.05) is 19.1 Å². The summed E-state index contributed by atoms with van der Waals surface area (Å²) in [6, 6.07) is 7.39. The van der Waals surface area contributed by atoms with E-state index in [0.717, 1.165) is 0 Å². The van der Waals surface area contributed by atoms with Gasteiger partial charge in [-0.15, -0.1) is 4.98 Å². The van der Waals surface area contributed by atoms with Crippen LogP contribution in [0.5, 0.6) is 17.8 Å². The molecule has 2 aromatic rings. The van der Waals surface area contributed by atoms with Crippen LogP contribution in [-0.2, 0) is 0 Å². The highest BCUT2D eigenvalue weighted by atomic mass is 35.5. The van der Waals surface area contributed by atoms with Gasteiger partial charge in [0, 0.05) is 7.05 Å². The lowest BCUT2D eigenvalue weighted by molar-refractivity contribution is 0.304. The van der Waals surface area contributed by atoms with Crippen LogP contribution in [0.25, 0.3) is 0 Å². The van der Waals surface area contributed by atoms with Crippen molar-refractivity contribution in [3.63, 3.8) is 0 Å². The molecule has 0 fully saturated rings. The molecule has 0 saturated heterocycles. The Bertz CT molecular complexity index is 565. The predicted octanol–water partition coefficient (Wildman–Crippen LogP) is 2.76. The summed E-state index contributed by atoms with van der Waals surface area (Å²) in [5.41, 5.74) is 0. The number of aromatic nitrogens is 3. The van der Waals surface area contributed by atoms with E-state index in [1.54, 1.807) is 19.2 Å². The lowest BCUT2D eigenvalue weighted by Gasteiger charge is -2.08. The average Bonchev–Trinajstić information content (AvgIpc) is 2.41. The molecule has 100 valence electrons. The van der Waals surface area contributed by atoms with Gasteiger partial charge in [-0.1, -0.05) is 23.7 Å². The lowest BCUT2D eigenvalue weighted by Crippen LogP contribution is -2.05. The van der Waals surface area contributed by atoms with Gasteiger partial charge in [0.25, 0.3) is 0 Å². The zero-order valence-corrected chi connectivity index (χ0v) is 11.3. The molecule has 0 unspecified atom stereocenters. The molecule has 0 aliphatic carbocycles. The summed E-state index contributed by atoms with van der Waals surface area (Å²) in [6.07, 6.45) is 0. The molecule has 0 radical (unpaired) electrons. The van der Waals surface area contributed by atoms with Gasteiger partial charge in [0.15, 0.2) is 0 Å². The summed E-state index contributed by atoms with van der Waals surface area (Å²) in [6.45, 7) is 2.30. The number of para-hydroxylation sites is 1. The molecule has 6 nitrogen and oxygen atoms in total. The second kappa shape index (κ2) is 6.19. The topological polar surface area (TPSA) is 69.2 Å². The van der Waals surface area contributed by atoms with Crippen molar-refractivity contribution in [1.29, 1.82) is 0 Å². The van der Waals surface area contributed by atoms with Crippen molar-refractivity contribution in [2.75, 3.05) is 19.0 Å². The standard InChI is InChI=1S/C12H13ClN4O2/c1-3-18-11-15-10(14-2)16-12(17-11)19-9-7-5-4-6-8(9)13/h4-7H,3H2,1-2H3,(H,14,15,16,17). The molecule has 19 heavy (non-hydrogen) atoms. The number of rotatable bonds is 5. The number of anilines is 1. The van der Waals surface area contributed by atoms with E-state index in [1.165, 1.54) is 0 Å². The van der Waals surface area contributed by atoms with E-state index in [0.29, 0.717) is 23.3 Å². The van der Waals surface area contributed by atoms with Gasteiger partial charge in [-0.05, 0) is 19.1 Å². The van der Waals surface area contributed by atoms with Crippen LogP contribution in [0.1, 0.15) is 6.92 Å². The van der Waals surface area contributed by atoms with Crippen LogP contribution in [0, 0.1) is 0 Å². The van der Waals surface area contributed by atoms with Crippen molar-refractivity contribution < 1.29 is 9.47 Å². The Labute approximate surface area is 115 Å². The van der Waals surface area contributed by atoms with Crippen LogP contribution in [0.3, 0.4) is 0 Å². The van der Waals surface area contributed by atoms with Crippen molar-refractivity contribution in [3.8, 4) is 17.8 Å².